The lowest BCUT2D eigenvalue weighted by Crippen LogP contribution is -2.00. The van der Waals surface area contributed by atoms with Crippen LogP contribution in [0.5, 0.6) is 0 Å². The molecule has 0 bridgehead atoms. The molecule has 1 aromatic rings. The Morgan fingerprint density at radius 2 is 1.93 bits per heavy atom. The Morgan fingerprint density at radius 1 is 1.29 bits per heavy atom. The maximum Gasteiger partial charge on any atom is 0.146 e. The lowest BCUT2D eigenvalue weighted by Gasteiger charge is -2.13. The zero-order chi connectivity index (χ0) is 10.1. The van der Waals surface area contributed by atoms with Gasteiger partial charge in [0.1, 0.15) is 5.82 Å². The Labute approximate surface area is 84.1 Å². The molecule has 0 saturated heterocycles. The quantitative estimate of drug-likeness (QED) is 0.680. The van der Waals surface area contributed by atoms with Crippen LogP contribution in [0.2, 0.25) is 0 Å². The molecule has 0 heterocycles. The first kappa shape index (κ1) is 9.50. The van der Waals surface area contributed by atoms with E-state index in [0.717, 1.165) is 11.1 Å². The molecule has 1 aromatic carbocycles. The van der Waals surface area contributed by atoms with Gasteiger partial charge in [0.2, 0.25) is 0 Å². The molecule has 76 valence electrons. The molecular weight excluding hydrogens is 177 g/mol. The first-order chi connectivity index (χ1) is 6.68. The van der Waals surface area contributed by atoms with Crippen molar-refractivity contribution >= 4 is 5.69 Å². The molecular formula is C12H16FN. The second-order valence-corrected chi connectivity index (χ2v) is 4.21. The molecule has 1 aliphatic rings. The molecule has 0 aliphatic heterocycles. The molecule has 0 unspecified atom stereocenters. The van der Waals surface area contributed by atoms with Crippen molar-refractivity contribution in [2.24, 2.45) is 0 Å². The average molecular weight is 193 g/mol. The minimum absolute atomic E-state index is 0.266. The highest BCUT2D eigenvalue weighted by Gasteiger charge is 2.19. The molecule has 14 heavy (non-hydrogen) atoms. The van der Waals surface area contributed by atoms with E-state index in [1.165, 1.54) is 25.7 Å². The third-order valence-corrected chi connectivity index (χ3v) is 3.18. The van der Waals surface area contributed by atoms with Crippen molar-refractivity contribution < 1.29 is 4.39 Å². The molecule has 1 aliphatic carbocycles. The predicted molar refractivity (Wildman–Crippen MR) is 56.8 cm³/mol. The van der Waals surface area contributed by atoms with Gasteiger partial charge >= 0.3 is 0 Å². The van der Waals surface area contributed by atoms with Crippen LogP contribution in [0, 0.1) is 12.7 Å². The van der Waals surface area contributed by atoms with Crippen LogP contribution in [0.3, 0.4) is 0 Å². The Kier molecular flexibility index (Phi) is 2.44. The number of rotatable bonds is 1. The smallest absolute Gasteiger partial charge is 0.146 e. The van der Waals surface area contributed by atoms with Crippen molar-refractivity contribution in [3.8, 4) is 0 Å². The second-order valence-electron chi connectivity index (χ2n) is 4.21. The molecule has 0 aromatic heterocycles. The molecule has 1 saturated carbocycles. The fourth-order valence-electron chi connectivity index (χ4n) is 2.40. The Bertz CT molecular complexity index is 340. The third-order valence-electron chi connectivity index (χ3n) is 3.18. The van der Waals surface area contributed by atoms with Crippen LogP contribution in [0.25, 0.3) is 0 Å². The zero-order valence-corrected chi connectivity index (χ0v) is 8.52. The number of hydrogen-bond acceptors (Lipinski definition) is 1. The van der Waals surface area contributed by atoms with Gasteiger partial charge in [0.25, 0.3) is 0 Å². The van der Waals surface area contributed by atoms with Crippen molar-refractivity contribution in [2.45, 2.75) is 38.5 Å². The van der Waals surface area contributed by atoms with E-state index in [1.807, 2.05) is 6.92 Å². The van der Waals surface area contributed by atoms with Crippen molar-refractivity contribution in [3.05, 3.63) is 29.1 Å². The summed E-state index contributed by atoms with van der Waals surface area (Å²) in [5.41, 5.74) is 8.08. The summed E-state index contributed by atoms with van der Waals surface area (Å²) in [6, 6.07) is 3.38. The van der Waals surface area contributed by atoms with Gasteiger partial charge in [-0.05, 0) is 48.9 Å². The molecule has 0 spiro atoms. The van der Waals surface area contributed by atoms with Gasteiger partial charge in [-0.2, -0.15) is 0 Å². The van der Waals surface area contributed by atoms with Crippen LogP contribution in [-0.4, -0.2) is 0 Å². The number of aryl methyl sites for hydroxylation is 1. The van der Waals surface area contributed by atoms with Gasteiger partial charge in [-0.3, -0.25) is 0 Å². The largest absolute Gasteiger partial charge is 0.396 e. The fourth-order valence-corrected chi connectivity index (χ4v) is 2.40. The molecule has 2 heteroatoms. The molecule has 0 amide bonds. The molecule has 0 atom stereocenters. The SMILES string of the molecule is Cc1cc(N)c(F)cc1C1CCCC1. The van der Waals surface area contributed by atoms with E-state index in [9.17, 15) is 4.39 Å². The average Bonchev–Trinajstić information content (AvgIpc) is 2.64. The van der Waals surface area contributed by atoms with E-state index in [4.69, 9.17) is 5.73 Å². The zero-order valence-electron chi connectivity index (χ0n) is 8.52. The Hall–Kier alpha value is -1.05. The number of halogens is 1. The van der Waals surface area contributed by atoms with Gasteiger partial charge in [-0.15, -0.1) is 0 Å². The molecule has 2 rings (SSSR count). The maximum atomic E-state index is 13.3. The van der Waals surface area contributed by atoms with Crippen molar-refractivity contribution in [2.75, 3.05) is 5.73 Å². The van der Waals surface area contributed by atoms with E-state index in [2.05, 4.69) is 0 Å². The van der Waals surface area contributed by atoms with Gasteiger partial charge in [0, 0.05) is 0 Å². The molecule has 0 radical (unpaired) electrons. The predicted octanol–water partition coefficient (Wildman–Crippen LogP) is 3.37. The van der Waals surface area contributed by atoms with Gasteiger partial charge in [-0.1, -0.05) is 12.8 Å². The minimum atomic E-state index is -0.266. The lowest BCUT2D eigenvalue weighted by atomic mass is 9.93. The molecule has 1 nitrogen and oxygen atoms in total. The van der Waals surface area contributed by atoms with Gasteiger partial charge in [-0.25, -0.2) is 4.39 Å². The van der Waals surface area contributed by atoms with Crippen molar-refractivity contribution in [1.29, 1.82) is 0 Å². The van der Waals surface area contributed by atoms with E-state index < -0.39 is 0 Å². The summed E-state index contributed by atoms with van der Waals surface area (Å²) in [5.74, 6) is 0.294. The van der Waals surface area contributed by atoms with Crippen LogP contribution in [-0.2, 0) is 0 Å². The monoisotopic (exact) mass is 193 g/mol. The van der Waals surface area contributed by atoms with Crippen molar-refractivity contribution in [3.63, 3.8) is 0 Å². The first-order valence-corrected chi connectivity index (χ1v) is 5.24. The standard InChI is InChI=1S/C12H16FN/c1-8-6-12(14)11(13)7-10(8)9-4-2-3-5-9/h6-7,9H,2-5,14H2,1H3. The number of benzene rings is 1. The number of anilines is 1. The highest BCUT2D eigenvalue weighted by atomic mass is 19.1. The van der Waals surface area contributed by atoms with E-state index >= 15 is 0 Å². The normalized spacial score (nSPS) is 17.6. The summed E-state index contributed by atoms with van der Waals surface area (Å²) < 4.78 is 13.3. The van der Waals surface area contributed by atoms with Crippen LogP contribution >= 0.6 is 0 Å². The molecule has 1 fully saturated rings. The first-order valence-electron chi connectivity index (χ1n) is 5.24. The van der Waals surface area contributed by atoms with Gasteiger partial charge in [0.05, 0.1) is 5.69 Å². The van der Waals surface area contributed by atoms with Crippen LogP contribution < -0.4 is 5.73 Å². The van der Waals surface area contributed by atoms with Gasteiger partial charge in [0.15, 0.2) is 0 Å². The summed E-state index contributed by atoms with van der Waals surface area (Å²) in [6.07, 6.45) is 4.95. The topological polar surface area (TPSA) is 26.0 Å². The van der Waals surface area contributed by atoms with Crippen molar-refractivity contribution in [1.82, 2.24) is 0 Å². The van der Waals surface area contributed by atoms with E-state index in [1.54, 1.807) is 12.1 Å². The lowest BCUT2D eigenvalue weighted by molar-refractivity contribution is 0.622. The van der Waals surface area contributed by atoms with Gasteiger partial charge < -0.3 is 5.73 Å². The number of hydrogen-bond donors (Lipinski definition) is 1. The number of nitrogen functional groups attached to an aromatic ring is 1. The molecule has 2 N–H and O–H groups in total. The summed E-state index contributed by atoms with van der Waals surface area (Å²) in [4.78, 5) is 0. The third kappa shape index (κ3) is 1.61. The summed E-state index contributed by atoms with van der Waals surface area (Å²) in [6.45, 7) is 2.02. The summed E-state index contributed by atoms with van der Waals surface area (Å²) in [7, 11) is 0. The maximum absolute atomic E-state index is 13.3. The summed E-state index contributed by atoms with van der Waals surface area (Å²) >= 11 is 0. The van der Waals surface area contributed by atoms with Crippen LogP contribution in [0.1, 0.15) is 42.7 Å². The van der Waals surface area contributed by atoms with Crippen LogP contribution in [0.15, 0.2) is 12.1 Å². The number of nitrogens with two attached hydrogens (primary N) is 1. The van der Waals surface area contributed by atoms with E-state index in [-0.39, 0.29) is 11.5 Å². The highest BCUT2D eigenvalue weighted by Crippen LogP contribution is 2.36. The summed E-state index contributed by atoms with van der Waals surface area (Å²) in [5, 5.41) is 0. The Balaban J connectivity index is 2.37. The second kappa shape index (κ2) is 3.60. The highest BCUT2D eigenvalue weighted by molar-refractivity contribution is 5.47. The fraction of sp³-hybridized carbons (Fsp3) is 0.500. The van der Waals surface area contributed by atoms with E-state index in [0.29, 0.717) is 5.92 Å². The minimum Gasteiger partial charge on any atom is -0.396 e. The Morgan fingerprint density at radius 3 is 2.57 bits per heavy atom. The van der Waals surface area contributed by atoms with Crippen LogP contribution in [0.4, 0.5) is 10.1 Å².